The van der Waals surface area contributed by atoms with Crippen LogP contribution in [0.15, 0.2) is 35.2 Å². The van der Waals surface area contributed by atoms with Crippen LogP contribution in [0.25, 0.3) is 0 Å². The Balaban J connectivity index is 2.32. The van der Waals surface area contributed by atoms with E-state index in [4.69, 9.17) is 0 Å². The summed E-state index contributed by atoms with van der Waals surface area (Å²) in [6.45, 7) is 4.02. The van der Waals surface area contributed by atoms with E-state index in [1.165, 1.54) is 20.4 Å². The Morgan fingerprint density at radius 1 is 1.08 bits per heavy atom. The Morgan fingerprint density at radius 3 is 2.50 bits per heavy atom. The summed E-state index contributed by atoms with van der Waals surface area (Å²) in [5.41, 5.74) is 1.44. The quantitative estimate of drug-likeness (QED) is 0.515. The molecule has 2 rings (SSSR count). The van der Waals surface area contributed by atoms with Crippen molar-refractivity contribution in [2.75, 3.05) is 4.72 Å². The van der Waals surface area contributed by atoms with Gasteiger partial charge < -0.3 is 0 Å². The van der Waals surface area contributed by atoms with Crippen LogP contribution in [0.2, 0.25) is 0 Å². The molecule has 1 N–H and O–H groups in total. The standard InChI is InChI=1S/C19H22F2NO2S.Ti/c1-3-4-5-6-7-15-12-14(2)8-11-19(15)25(23,24)22-18-10-9-16(20)13-17(18)21;/h8-12,22H,3-7H2,1-2H3;. The van der Waals surface area contributed by atoms with Gasteiger partial charge in [-0.15, -0.1) is 0 Å². The molecule has 2 aromatic rings. The fraction of sp³-hybridized carbons (Fsp3) is 0.368. The van der Waals surface area contributed by atoms with Gasteiger partial charge in [-0.3, -0.25) is 0 Å². The normalized spacial score (nSPS) is 11.5. The first-order chi connectivity index (χ1) is 12.3. The van der Waals surface area contributed by atoms with Crippen molar-refractivity contribution >= 4 is 19.6 Å². The van der Waals surface area contributed by atoms with Gasteiger partial charge in [0, 0.05) is 0 Å². The third-order valence-electron chi connectivity index (χ3n) is 4.14. The van der Waals surface area contributed by atoms with E-state index < -0.39 is 21.7 Å². The fourth-order valence-corrected chi connectivity index (χ4v) is 4.39. The SMILES string of the molecule is CCCCCCc1cc(C)ccc1S(=O)(=O)Nc1ccc(F)[c]([Ti])c1F. The molecule has 0 bridgehead atoms. The minimum atomic E-state index is -3.97. The summed E-state index contributed by atoms with van der Waals surface area (Å²) in [4.78, 5) is 0.140. The molecular formula is C19H22F2NO2STi. The van der Waals surface area contributed by atoms with E-state index >= 15 is 0 Å². The average Bonchev–Trinajstić information content (AvgIpc) is 2.59. The summed E-state index contributed by atoms with van der Waals surface area (Å²) >= 11 is 1.27. The Kier molecular flexibility index (Phi) is 7.38. The zero-order valence-corrected chi connectivity index (χ0v) is 17.3. The van der Waals surface area contributed by atoms with Gasteiger partial charge in [0.2, 0.25) is 0 Å². The zero-order chi connectivity index (χ0) is 19.3. The van der Waals surface area contributed by atoms with Gasteiger partial charge in [-0.2, -0.15) is 0 Å². The second kappa shape index (κ2) is 9.11. The molecule has 0 radical (unpaired) electrons. The van der Waals surface area contributed by atoms with Crippen molar-refractivity contribution in [3.8, 4) is 0 Å². The summed E-state index contributed by atoms with van der Waals surface area (Å²) in [6, 6.07) is 7.27. The van der Waals surface area contributed by atoms with Gasteiger partial charge in [0.1, 0.15) is 0 Å². The van der Waals surface area contributed by atoms with Crippen molar-refractivity contribution in [2.45, 2.75) is 50.8 Å². The van der Waals surface area contributed by atoms with Crippen molar-refractivity contribution in [3.05, 3.63) is 53.1 Å². The van der Waals surface area contributed by atoms with Gasteiger partial charge in [0.15, 0.2) is 0 Å². The Hall–Kier alpha value is -1.24. The van der Waals surface area contributed by atoms with Crippen LogP contribution in [0.3, 0.4) is 0 Å². The van der Waals surface area contributed by atoms with Crippen LogP contribution in [-0.4, -0.2) is 8.42 Å². The van der Waals surface area contributed by atoms with E-state index in [-0.39, 0.29) is 14.5 Å². The fourth-order valence-electron chi connectivity index (χ4n) is 2.74. The van der Waals surface area contributed by atoms with Gasteiger partial charge in [-0.25, -0.2) is 0 Å². The molecule has 7 heteroatoms. The molecule has 0 aliphatic heterocycles. The summed E-state index contributed by atoms with van der Waals surface area (Å²) in [5.74, 6) is -1.61. The van der Waals surface area contributed by atoms with Crippen LogP contribution in [0.5, 0.6) is 0 Å². The van der Waals surface area contributed by atoms with Gasteiger partial charge in [0.25, 0.3) is 0 Å². The first-order valence-electron chi connectivity index (χ1n) is 8.58. The number of unbranched alkanes of at least 4 members (excludes halogenated alkanes) is 3. The maximum absolute atomic E-state index is 14.2. The van der Waals surface area contributed by atoms with E-state index in [0.717, 1.165) is 43.4 Å². The van der Waals surface area contributed by atoms with Gasteiger partial charge in [-0.05, 0) is 0 Å². The van der Waals surface area contributed by atoms with E-state index in [1.54, 1.807) is 12.1 Å². The van der Waals surface area contributed by atoms with Crippen LogP contribution in [0.4, 0.5) is 14.5 Å². The number of hydrogen-bond donors (Lipinski definition) is 1. The molecule has 0 aliphatic rings. The number of anilines is 1. The van der Waals surface area contributed by atoms with E-state index in [0.29, 0.717) is 12.0 Å². The summed E-state index contributed by atoms with van der Waals surface area (Å²) in [5, 5.41) is 0. The van der Waals surface area contributed by atoms with Gasteiger partial charge in [0.05, 0.1) is 0 Å². The summed E-state index contributed by atoms with van der Waals surface area (Å²) in [6.07, 6.45) is 4.77. The molecule has 139 valence electrons. The molecule has 26 heavy (non-hydrogen) atoms. The number of rotatable bonds is 8. The number of sulfonamides is 1. The molecule has 0 heterocycles. The molecule has 0 amide bonds. The van der Waals surface area contributed by atoms with Crippen molar-refractivity contribution in [1.29, 1.82) is 0 Å². The first-order valence-corrected chi connectivity index (χ1v) is 10.8. The number of benzene rings is 2. The summed E-state index contributed by atoms with van der Waals surface area (Å²) in [7, 11) is -3.97. The summed E-state index contributed by atoms with van der Waals surface area (Å²) < 4.78 is 55.3. The number of hydrogen-bond acceptors (Lipinski definition) is 2. The monoisotopic (exact) mass is 414 g/mol. The van der Waals surface area contributed by atoms with Crippen molar-refractivity contribution in [3.63, 3.8) is 0 Å². The first kappa shape index (κ1) is 21.1. The van der Waals surface area contributed by atoms with E-state index in [2.05, 4.69) is 11.6 Å². The predicted molar refractivity (Wildman–Crippen MR) is 95.8 cm³/mol. The van der Waals surface area contributed by atoms with Gasteiger partial charge >= 0.3 is 159 Å². The van der Waals surface area contributed by atoms with Crippen molar-refractivity contribution < 1.29 is 37.6 Å². The molecule has 2 aromatic carbocycles. The predicted octanol–water partition coefficient (Wildman–Crippen LogP) is 4.37. The average molecular weight is 414 g/mol. The number of aryl methyl sites for hydroxylation is 2. The van der Waals surface area contributed by atoms with Crippen LogP contribution in [0, 0.1) is 18.6 Å². The molecule has 0 saturated carbocycles. The van der Waals surface area contributed by atoms with Crippen molar-refractivity contribution in [2.24, 2.45) is 0 Å². The van der Waals surface area contributed by atoms with Crippen molar-refractivity contribution in [1.82, 2.24) is 0 Å². The van der Waals surface area contributed by atoms with E-state index in [1.807, 2.05) is 13.0 Å². The minimum absolute atomic E-state index is 0.140. The Bertz CT molecular complexity index is 885. The second-order valence-electron chi connectivity index (χ2n) is 6.31. The van der Waals surface area contributed by atoms with Crippen LogP contribution in [0.1, 0.15) is 43.7 Å². The molecule has 0 spiro atoms. The molecule has 3 nitrogen and oxygen atoms in total. The van der Waals surface area contributed by atoms with Crippen LogP contribution < -0.4 is 8.59 Å². The van der Waals surface area contributed by atoms with Gasteiger partial charge in [-0.1, -0.05) is 6.92 Å². The third kappa shape index (κ3) is 5.15. The third-order valence-corrected chi connectivity index (χ3v) is 6.32. The number of halogens is 2. The Morgan fingerprint density at radius 2 is 1.81 bits per heavy atom. The van der Waals surface area contributed by atoms with Crippen LogP contribution in [-0.2, 0) is 36.9 Å². The molecule has 0 saturated heterocycles. The molecule has 0 fully saturated rings. The topological polar surface area (TPSA) is 46.2 Å². The Labute approximate surface area is 165 Å². The zero-order valence-electron chi connectivity index (χ0n) is 14.9. The van der Waals surface area contributed by atoms with Crippen LogP contribution >= 0.6 is 0 Å². The maximum atomic E-state index is 14.2. The number of nitrogens with one attached hydrogen (secondary N) is 1. The molecule has 0 unspecified atom stereocenters. The second-order valence-corrected chi connectivity index (χ2v) is 8.74. The molecular weight excluding hydrogens is 392 g/mol. The van der Waals surface area contributed by atoms with E-state index in [9.17, 15) is 17.2 Å². The molecule has 0 atom stereocenters. The molecule has 0 aliphatic carbocycles. The molecule has 0 aromatic heterocycles.